The number of nitrogens with one attached hydrogen (secondary N) is 1. The number of amides is 1. The van der Waals surface area contributed by atoms with Crippen LogP contribution in [0.3, 0.4) is 0 Å². The Morgan fingerprint density at radius 2 is 1.50 bits per heavy atom. The van der Waals surface area contributed by atoms with Crippen molar-refractivity contribution in [2.75, 3.05) is 25.1 Å². The predicted octanol–water partition coefficient (Wildman–Crippen LogP) is 3.43. The molecule has 0 aliphatic heterocycles. The quantitative estimate of drug-likeness (QED) is 0.629. The second-order valence-electron chi connectivity index (χ2n) is 5.75. The van der Waals surface area contributed by atoms with E-state index in [9.17, 15) is 9.59 Å². The maximum absolute atomic E-state index is 12.2. The van der Waals surface area contributed by atoms with E-state index in [-0.39, 0.29) is 6.61 Å². The lowest BCUT2D eigenvalue weighted by molar-refractivity contribution is -0.155. The van der Waals surface area contributed by atoms with Gasteiger partial charge in [-0.15, -0.1) is 0 Å². The lowest BCUT2D eigenvalue weighted by atomic mass is 10.3. The average molecular weight is 387 g/mol. The van der Waals surface area contributed by atoms with E-state index < -0.39 is 18.0 Å². The first-order valence-electron chi connectivity index (χ1n) is 9.11. The first-order valence-corrected chi connectivity index (χ1v) is 9.11. The molecule has 0 aliphatic rings. The van der Waals surface area contributed by atoms with Crippen LogP contribution in [0.2, 0.25) is 0 Å². The molecule has 7 heteroatoms. The maximum atomic E-state index is 12.2. The molecular formula is C21H25NO6. The molecule has 2 aromatic rings. The number of esters is 1. The molecule has 7 nitrogen and oxygen atoms in total. The highest BCUT2D eigenvalue weighted by molar-refractivity contribution is 5.95. The van der Waals surface area contributed by atoms with Crippen molar-refractivity contribution in [3.8, 4) is 17.2 Å². The summed E-state index contributed by atoms with van der Waals surface area (Å²) in [5.74, 6) is 0.601. The van der Waals surface area contributed by atoms with E-state index >= 15 is 0 Å². The van der Waals surface area contributed by atoms with Crippen molar-refractivity contribution in [3.63, 3.8) is 0 Å². The zero-order valence-electron chi connectivity index (χ0n) is 16.3. The second-order valence-corrected chi connectivity index (χ2v) is 5.75. The molecule has 0 heterocycles. The van der Waals surface area contributed by atoms with E-state index in [1.165, 1.54) is 6.92 Å². The van der Waals surface area contributed by atoms with Crippen molar-refractivity contribution >= 4 is 17.6 Å². The Hall–Kier alpha value is -3.22. The summed E-state index contributed by atoms with van der Waals surface area (Å²) in [7, 11) is 0. The Morgan fingerprint density at radius 3 is 2.11 bits per heavy atom. The minimum absolute atomic E-state index is 0.329. The van der Waals surface area contributed by atoms with Gasteiger partial charge in [-0.25, -0.2) is 4.79 Å². The van der Waals surface area contributed by atoms with E-state index in [0.29, 0.717) is 36.1 Å². The molecule has 0 saturated heterocycles. The van der Waals surface area contributed by atoms with Gasteiger partial charge in [0.25, 0.3) is 5.91 Å². The number of carbonyl (C=O) groups is 2. The fraction of sp³-hybridized carbons (Fsp3) is 0.333. The van der Waals surface area contributed by atoms with Crippen molar-refractivity contribution in [2.24, 2.45) is 0 Å². The van der Waals surface area contributed by atoms with Crippen LogP contribution in [0.5, 0.6) is 17.2 Å². The molecular weight excluding hydrogens is 362 g/mol. The highest BCUT2D eigenvalue weighted by Gasteiger charge is 2.19. The van der Waals surface area contributed by atoms with Gasteiger partial charge in [-0.2, -0.15) is 0 Å². The minimum atomic E-state index is -0.968. The predicted molar refractivity (Wildman–Crippen MR) is 105 cm³/mol. The van der Waals surface area contributed by atoms with Crippen LogP contribution in [0.1, 0.15) is 20.8 Å². The molecule has 0 saturated carbocycles. The van der Waals surface area contributed by atoms with Gasteiger partial charge in [0.1, 0.15) is 5.75 Å². The van der Waals surface area contributed by atoms with Crippen molar-refractivity contribution < 1.29 is 28.5 Å². The van der Waals surface area contributed by atoms with E-state index in [1.807, 2.05) is 19.9 Å². The highest BCUT2D eigenvalue weighted by Crippen LogP contribution is 2.26. The molecule has 28 heavy (non-hydrogen) atoms. The monoisotopic (exact) mass is 387 g/mol. The fourth-order valence-corrected chi connectivity index (χ4v) is 2.31. The maximum Gasteiger partial charge on any atom is 0.344 e. The third-order valence-corrected chi connectivity index (χ3v) is 3.60. The molecule has 0 radical (unpaired) electrons. The summed E-state index contributed by atoms with van der Waals surface area (Å²) in [6.45, 7) is 5.96. The smallest absolute Gasteiger partial charge is 0.344 e. The van der Waals surface area contributed by atoms with E-state index in [1.54, 1.807) is 42.5 Å². The Bertz CT molecular complexity index is 775. The lowest BCUT2D eigenvalue weighted by Crippen LogP contribution is -2.31. The van der Waals surface area contributed by atoms with Crippen LogP contribution in [0.15, 0.2) is 48.5 Å². The first kappa shape index (κ1) is 21.1. The van der Waals surface area contributed by atoms with Crippen LogP contribution in [0.4, 0.5) is 5.69 Å². The third-order valence-electron chi connectivity index (χ3n) is 3.60. The number of benzene rings is 2. The van der Waals surface area contributed by atoms with E-state index in [4.69, 9.17) is 18.9 Å². The van der Waals surface area contributed by atoms with E-state index in [0.717, 1.165) is 0 Å². The molecule has 0 aliphatic carbocycles. The van der Waals surface area contributed by atoms with Crippen LogP contribution in [0, 0.1) is 0 Å². The number of hydrogen-bond donors (Lipinski definition) is 1. The van der Waals surface area contributed by atoms with Crippen LogP contribution in [-0.4, -0.2) is 37.8 Å². The molecule has 1 amide bonds. The van der Waals surface area contributed by atoms with Gasteiger partial charge in [0.15, 0.2) is 24.2 Å². The molecule has 1 unspecified atom stereocenters. The number of carbonyl (C=O) groups excluding carboxylic acids is 2. The van der Waals surface area contributed by atoms with Gasteiger partial charge in [0, 0.05) is 5.69 Å². The average Bonchev–Trinajstić information content (AvgIpc) is 2.69. The molecule has 1 atom stereocenters. The Morgan fingerprint density at radius 1 is 0.893 bits per heavy atom. The van der Waals surface area contributed by atoms with Gasteiger partial charge >= 0.3 is 5.97 Å². The standard InChI is InChI=1S/C21H25NO6/c1-4-25-17-12-10-16(11-13-17)22-21(24)15(3)28-20(23)14-27-19-9-7-6-8-18(19)26-5-2/h6-13,15H,4-5,14H2,1-3H3,(H,22,24). The number of anilines is 1. The minimum Gasteiger partial charge on any atom is -0.494 e. The summed E-state index contributed by atoms with van der Waals surface area (Å²) in [6, 6.07) is 14.0. The summed E-state index contributed by atoms with van der Waals surface area (Å²) >= 11 is 0. The normalized spacial score (nSPS) is 11.2. The Kier molecular flexibility index (Phi) is 8.14. The zero-order chi connectivity index (χ0) is 20.4. The summed E-state index contributed by atoms with van der Waals surface area (Å²) in [5, 5.41) is 2.68. The molecule has 1 N–H and O–H groups in total. The largest absolute Gasteiger partial charge is 0.494 e. The molecule has 0 spiro atoms. The van der Waals surface area contributed by atoms with Gasteiger partial charge in [0.05, 0.1) is 13.2 Å². The summed E-state index contributed by atoms with van der Waals surface area (Å²) < 4.78 is 21.3. The Balaban J connectivity index is 1.82. The van der Waals surface area contributed by atoms with Gasteiger partial charge in [0.2, 0.25) is 0 Å². The van der Waals surface area contributed by atoms with Gasteiger partial charge in [-0.1, -0.05) is 12.1 Å². The van der Waals surface area contributed by atoms with Gasteiger partial charge in [-0.3, -0.25) is 4.79 Å². The number of ether oxygens (including phenoxy) is 4. The summed E-state index contributed by atoms with van der Waals surface area (Å²) in [4.78, 5) is 24.2. The number of hydrogen-bond acceptors (Lipinski definition) is 6. The van der Waals surface area contributed by atoms with Crippen LogP contribution < -0.4 is 19.5 Å². The molecule has 2 rings (SSSR count). The van der Waals surface area contributed by atoms with Crippen LogP contribution in [-0.2, 0) is 14.3 Å². The van der Waals surface area contributed by atoms with Crippen molar-refractivity contribution in [2.45, 2.75) is 26.9 Å². The summed E-state index contributed by atoms with van der Waals surface area (Å²) in [6.07, 6.45) is -0.968. The Labute approximate surface area is 164 Å². The van der Waals surface area contributed by atoms with Crippen LogP contribution >= 0.6 is 0 Å². The topological polar surface area (TPSA) is 83.1 Å². The zero-order valence-corrected chi connectivity index (χ0v) is 16.3. The highest BCUT2D eigenvalue weighted by atomic mass is 16.6. The van der Waals surface area contributed by atoms with Gasteiger partial charge < -0.3 is 24.3 Å². The lowest BCUT2D eigenvalue weighted by Gasteiger charge is -2.15. The van der Waals surface area contributed by atoms with Crippen molar-refractivity contribution in [1.29, 1.82) is 0 Å². The van der Waals surface area contributed by atoms with Gasteiger partial charge in [-0.05, 0) is 57.2 Å². The van der Waals surface area contributed by atoms with E-state index in [2.05, 4.69) is 5.32 Å². The number of rotatable bonds is 10. The molecule has 0 fully saturated rings. The van der Waals surface area contributed by atoms with Crippen molar-refractivity contribution in [3.05, 3.63) is 48.5 Å². The molecule has 0 aromatic heterocycles. The van der Waals surface area contributed by atoms with Crippen LogP contribution in [0.25, 0.3) is 0 Å². The first-order chi connectivity index (χ1) is 13.5. The summed E-state index contributed by atoms with van der Waals surface area (Å²) in [5.41, 5.74) is 0.582. The second kappa shape index (κ2) is 10.8. The molecule has 150 valence electrons. The molecule has 0 bridgehead atoms. The fourth-order valence-electron chi connectivity index (χ4n) is 2.31. The third kappa shape index (κ3) is 6.50. The molecule has 2 aromatic carbocycles. The SMILES string of the molecule is CCOc1ccc(NC(=O)C(C)OC(=O)COc2ccccc2OCC)cc1. The number of para-hydroxylation sites is 2. The van der Waals surface area contributed by atoms with Crippen molar-refractivity contribution in [1.82, 2.24) is 0 Å².